The number of likely N-dealkylation sites (tertiary alicyclic amines) is 1. The number of nitrogens with one attached hydrogen (secondary N) is 1. The number of amides is 1. The van der Waals surface area contributed by atoms with Crippen LogP contribution in [0.3, 0.4) is 0 Å². The third kappa shape index (κ3) is 4.60. The molecule has 0 radical (unpaired) electrons. The molecule has 1 aromatic rings. The Hall–Kier alpha value is -0.770. The van der Waals surface area contributed by atoms with Crippen molar-refractivity contribution >= 4 is 29.1 Å². The molecule has 1 heterocycles. The first-order valence-corrected chi connectivity index (χ1v) is 8.22. The zero-order chi connectivity index (χ0) is 15.2. The van der Waals surface area contributed by atoms with E-state index in [-0.39, 0.29) is 5.91 Å². The van der Waals surface area contributed by atoms with Gasteiger partial charge < -0.3 is 10.2 Å². The van der Waals surface area contributed by atoms with E-state index in [4.69, 9.17) is 23.2 Å². The van der Waals surface area contributed by atoms with Crippen molar-refractivity contribution in [3.05, 3.63) is 33.8 Å². The number of carbonyl (C=O) groups is 1. The molecular formula is C16H22Cl2N2O. The van der Waals surface area contributed by atoms with Crippen LogP contribution in [0.25, 0.3) is 0 Å². The van der Waals surface area contributed by atoms with Gasteiger partial charge in [0.2, 0.25) is 5.91 Å². The van der Waals surface area contributed by atoms with Crippen molar-refractivity contribution in [2.24, 2.45) is 5.92 Å². The molecule has 0 aromatic heterocycles. The summed E-state index contributed by atoms with van der Waals surface area (Å²) in [6.45, 7) is 2.72. The first kappa shape index (κ1) is 16.6. The predicted octanol–water partition coefficient (Wildman–Crippen LogP) is 3.38. The molecule has 5 heteroatoms. The van der Waals surface area contributed by atoms with Crippen molar-refractivity contribution in [2.75, 3.05) is 26.7 Å². The van der Waals surface area contributed by atoms with Gasteiger partial charge in [0.25, 0.3) is 0 Å². The number of carbonyl (C=O) groups excluding carboxylic acids is 1. The molecule has 1 N–H and O–H groups in total. The summed E-state index contributed by atoms with van der Waals surface area (Å²) in [4.78, 5) is 14.3. The highest BCUT2D eigenvalue weighted by atomic mass is 35.5. The summed E-state index contributed by atoms with van der Waals surface area (Å²) >= 11 is 12.2. The third-order valence-electron chi connectivity index (χ3n) is 4.00. The fourth-order valence-corrected chi connectivity index (χ4v) is 3.30. The normalized spacial score (nSPS) is 18.8. The Bertz CT molecular complexity index is 491. The van der Waals surface area contributed by atoms with Crippen LogP contribution >= 0.6 is 23.2 Å². The van der Waals surface area contributed by atoms with E-state index in [1.807, 2.05) is 24.1 Å². The van der Waals surface area contributed by atoms with Crippen molar-refractivity contribution < 1.29 is 4.79 Å². The van der Waals surface area contributed by atoms with Gasteiger partial charge in [-0.15, -0.1) is 0 Å². The smallest absolute Gasteiger partial charge is 0.222 e. The lowest BCUT2D eigenvalue weighted by Crippen LogP contribution is -2.42. The summed E-state index contributed by atoms with van der Waals surface area (Å²) in [6, 6.07) is 5.57. The van der Waals surface area contributed by atoms with Crippen molar-refractivity contribution in [1.29, 1.82) is 0 Å². The number of aryl methyl sites for hydroxylation is 1. The Morgan fingerprint density at radius 1 is 1.43 bits per heavy atom. The number of rotatable bonds is 5. The van der Waals surface area contributed by atoms with Crippen LogP contribution in [0.2, 0.25) is 10.0 Å². The van der Waals surface area contributed by atoms with Gasteiger partial charge in [0.1, 0.15) is 0 Å². The van der Waals surface area contributed by atoms with E-state index in [0.29, 0.717) is 28.8 Å². The van der Waals surface area contributed by atoms with E-state index in [0.717, 1.165) is 31.6 Å². The maximum absolute atomic E-state index is 12.3. The molecule has 1 amide bonds. The summed E-state index contributed by atoms with van der Waals surface area (Å²) in [7, 11) is 1.96. The number of piperidine rings is 1. The highest BCUT2D eigenvalue weighted by molar-refractivity contribution is 6.42. The van der Waals surface area contributed by atoms with Crippen LogP contribution in [0, 0.1) is 5.92 Å². The summed E-state index contributed by atoms with van der Waals surface area (Å²) in [6.07, 6.45) is 3.43. The molecule has 1 saturated heterocycles. The van der Waals surface area contributed by atoms with Gasteiger partial charge in [0.15, 0.2) is 0 Å². The lowest BCUT2D eigenvalue weighted by atomic mass is 9.97. The fraction of sp³-hybridized carbons (Fsp3) is 0.562. The summed E-state index contributed by atoms with van der Waals surface area (Å²) < 4.78 is 0. The molecule has 116 valence electrons. The average molecular weight is 329 g/mol. The Morgan fingerprint density at radius 2 is 2.24 bits per heavy atom. The molecule has 1 fully saturated rings. The molecule has 0 unspecified atom stereocenters. The van der Waals surface area contributed by atoms with Crippen LogP contribution in [0.4, 0.5) is 0 Å². The van der Waals surface area contributed by atoms with Crippen LogP contribution in [-0.4, -0.2) is 37.5 Å². The standard InChI is InChI=1S/C16H22Cl2N2O/c1-19-10-12-4-3-9-20(11-12)15(21)8-7-13-5-2-6-14(17)16(13)18/h2,5-6,12,19H,3-4,7-11H2,1H3/t12-/m0/s1. The predicted molar refractivity (Wildman–Crippen MR) is 88.0 cm³/mol. The van der Waals surface area contributed by atoms with Crippen LogP contribution in [0.5, 0.6) is 0 Å². The molecule has 1 aromatic carbocycles. The molecule has 0 spiro atoms. The number of hydrogen-bond acceptors (Lipinski definition) is 2. The van der Waals surface area contributed by atoms with E-state index in [1.54, 1.807) is 6.07 Å². The SMILES string of the molecule is CNC[C@@H]1CCCN(C(=O)CCc2cccc(Cl)c2Cl)C1. The Balaban J connectivity index is 1.88. The lowest BCUT2D eigenvalue weighted by Gasteiger charge is -2.32. The zero-order valence-corrected chi connectivity index (χ0v) is 13.9. The molecule has 1 atom stereocenters. The molecular weight excluding hydrogens is 307 g/mol. The van der Waals surface area contributed by atoms with Gasteiger partial charge in [-0.05, 0) is 50.4 Å². The van der Waals surface area contributed by atoms with E-state index in [2.05, 4.69) is 5.32 Å². The van der Waals surface area contributed by atoms with E-state index in [1.165, 1.54) is 6.42 Å². The average Bonchev–Trinajstić information content (AvgIpc) is 2.49. The Kier molecular flexibility index (Phi) is 6.34. The molecule has 0 aliphatic carbocycles. The van der Waals surface area contributed by atoms with Gasteiger partial charge in [-0.1, -0.05) is 35.3 Å². The topological polar surface area (TPSA) is 32.3 Å². The van der Waals surface area contributed by atoms with Gasteiger partial charge in [-0.25, -0.2) is 0 Å². The highest BCUT2D eigenvalue weighted by Gasteiger charge is 2.23. The maximum Gasteiger partial charge on any atom is 0.222 e. The summed E-state index contributed by atoms with van der Waals surface area (Å²) in [5, 5.41) is 4.32. The zero-order valence-electron chi connectivity index (χ0n) is 12.4. The third-order valence-corrected chi connectivity index (χ3v) is 4.86. The van der Waals surface area contributed by atoms with E-state index in [9.17, 15) is 4.79 Å². The minimum Gasteiger partial charge on any atom is -0.342 e. The first-order valence-electron chi connectivity index (χ1n) is 7.47. The van der Waals surface area contributed by atoms with Crippen LogP contribution in [-0.2, 0) is 11.2 Å². The molecule has 21 heavy (non-hydrogen) atoms. The molecule has 0 saturated carbocycles. The second-order valence-electron chi connectivity index (χ2n) is 5.62. The number of hydrogen-bond donors (Lipinski definition) is 1. The molecule has 1 aliphatic rings. The van der Waals surface area contributed by atoms with Crippen LogP contribution < -0.4 is 5.32 Å². The maximum atomic E-state index is 12.3. The molecule has 0 bridgehead atoms. The first-order chi connectivity index (χ1) is 10.1. The van der Waals surface area contributed by atoms with Gasteiger partial charge >= 0.3 is 0 Å². The van der Waals surface area contributed by atoms with Gasteiger partial charge in [-0.2, -0.15) is 0 Å². The van der Waals surface area contributed by atoms with Crippen LogP contribution in [0.15, 0.2) is 18.2 Å². The number of nitrogens with zero attached hydrogens (tertiary/aromatic N) is 1. The second-order valence-corrected chi connectivity index (χ2v) is 6.40. The van der Waals surface area contributed by atoms with E-state index < -0.39 is 0 Å². The summed E-state index contributed by atoms with van der Waals surface area (Å²) in [5.41, 5.74) is 0.946. The Labute approximate surface area is 136 Å². The Morgan fingerprint density at radius 3 is 3.00 bits per heavy atom. The second kappa shape index (κ2) is 8.02. The quantitative estimate of drug-likeness (QED) is 0.898. The number of benzene rings is 1. The minimum absolute atomic E-state index is 0.215. The lowest BCUT2D eigenvalue weighted by molar-refractivity contribution is -0.132. The van der Waals surface area contributed by atoms with Crippen molar-refractivity contribution in [3.63, 3.8) is 0 Å². The largest absolute Gasteiger partial charge is 0.342 e. The fourth-order valence-electron chi connectivity index (χ4n) is 2.89. The van der Waals surface area contributed by atoms with Crippen LogP contribution in [0.1, 0.15) is 24.8 Å². The van der Waals surface area contributed by atoms with Gasteiger partial charge in [-0.3, -0.25) is 4.79 Å². The van der Waals surface area contributed by atoms with E-state index >= 15 is 0 Å². The van der Waals surface area contributed by atoms with Gasteiger partial charge in [0.05, 0.1) is 10.0 Å². The van der Waals surface area contributed by atoms with Crippen molar-refractivity contribution in [1.82, 2.24) is 10.2 Å². The molecule has 3 nitrogen and oxygen atoms in total. The molecule has 1 aliphatic heterocycles. The highest BCUT2D eigenvalue weighted by Crippen LogP contribution is 2.26. The van der Waals surface area contributed by atoms with Gasteiger partial charge in [0, 0.05) is 19.5 Å². The molecule has 2 rings (SSSR count). The van der Waals surface area contributed by atoms with Crippen molar-refractivity contribution in [3.8, 4) is 0 Å². The number of halogens is 2. The minimum atomic E-state index is 0.215. The monoisotopic (exact) mass is 328 g/mol. The summed E-state index contributed by atoms with van der Waals surface area (Å²) in [5.74, 6) is 0.786. The van der Waals surface area contributed by atoms with Crippen molar-refractivity contribution in [2.45, 2.75) is 25.7 Å².